The van der Waals surface area contributed by atoms with Crippen LogP contribution in [0.25, 0.3) is 0 Å². The van der Waals surface area contributed by atoms with Gasteiger partial charge in [0.05, 0.1) is 17.1 Å². The predicted molar refractivity (Wildman–Crippen MR) is 87.7 cm³/mol. The highest BCUT2D eigenvalue weighted by molar-refractivity contribution is 7.89. The number of anilines is 1. The van der Waals surface area contributed by atoms with Gasteiger partial charge in [-0.05, 0) is 37.6 Å². The first-order valence-electron chi connectivity index (χ1n) is 7.31. The summed E-state index contributed by atoms with van der Waals surface area (Å²) in [6, 6.07) is 5.84. The van der Waals surface area contributed by atoms with Gasteiger partial charge in [0.1, 0.15) is 0 Å². The van der Waals surface area contributed by atoms with Gasteiger partial charge in [0.25, 0.3) is 0 Å². The van der Waals surface area contributed by atoms with E-state index in [1.54, 1.807) is 0 Å². The number of carbonyl (C=O) groups is 1. The summed E-state index contributed by atoms with van der Waals surface area (Å²) >= 11 is 0. The van der Waals surface area contributed by atoms with Crippen molar-refractivity contribution in [2.45, 2.75) is 37.2 Å². The minimum atomic E-state index is -3.75. The molecule has 0 aromatic heterocycles. The number of hydrogen-bond acceptors (Lipinski definition) is 5. The standard InChI is InChI=1S/C15H24N2O5S/c1-4-5-14(18)17-12-6-8-13(9-7-12)23(20,21)16-10-15(2,19)11-22-3/h6-9,16,19H,4-5,10-11H2,1-3H3,(H,17,18)/t15-/m0/s1. The quantitative estimate of drug-likeness (QED) is 0.622. The van der Waals surface area contributed by atoms with Gasteiger partial charge in [0.2, 0.25) is 15.9 Å². The maximum absolute atomic E-state index is 12.2. The smallest absolute Gasteiger partial charge is 0.240 e. The number of carbonyl (C=O) groups excluding carboxylic acids is 1. The molecule has 1 rings (SSSR count). The average molecular weight is 344 g/mol. The topological polar surface area (TPSA) is 105 Å². The highest BCUT2D eigenvalue weighted by atomic mass is 32.2. The molecule has 7 nitrogen and oxygen atoms in total. The number of nitrogens with one attached hydrogen (secondary N) is 2. The number of sulfonamides is 1. The van der Waals surface area contributed by atoms with E-state index in [4.69, 9.17) is 4.74 Å². The van der Waals surface area contributed by atoms with Gasteiger partial charge in [-0.1, -0.05) is 6.92 Å². The van der Waals surface area contributed by atoms with Gasteiger partial charge in [-0.3, -0.25) is 4.79 Å². The van der Waals surface area contributed by atoms with Crippen molar-refractivity contribution in [3.05, 3.63) is 24.3 Å². The molecular formula is C15H24N2O5S. The second kappa shape index (κ2) is 8.39. The van der Waals surface area contributed by atoms with Crippen molar-refractivity contribution in [1.29, 1.82) is 0 Å². The van der Waals surface area contributed by atoms with Crippen molar-refractivity contribution in [1.82, 2.24) is 4.72 Å². The Balaban J connectivity index is 2.72. The van der Waals surface area contributed by atoms with Gasteiger partial charge in [0, 0.05) is 25.8 Å². The monoisotopic (exact) mass is 344 g/mol. The summed E-state index contributed by atoms with van der Waals surface area (Å²) in [6.45, 7) is 3.22. The summed E-state index contributed by atoms with van der Waals surface area (Å²) < 4.78 is 31.5. The molecule has 0 radical (unpaired) electrons. The summed E-state index contributed by atoms with van der Waals surface area (Å²) in [4.78, 5) is 11.5. The number of rotatable bonds is 9. The molecule has 1 aromatic rings. The van der Waals surface area contributed by atoms with Crippen LogP contribution in [0.4, 0.5) is 5.69 Å². The van der Waals surface area contributed by atoms with Gasteiger partial charge in [-0.15, -0.1) is 0 Å². The van der Waals surface area contributed by atoms with E-state index >= 15 is 0 Å². The van der Waals surface area contributed by atoms with Crippen molar-refractivity contribution in [3.63, 3.8) is 0 Å². The normalized spacial score (nSPS) is 14.3. The highest BCUT2D eigenvalue weighted by Crippen LogP contribution is 2.15. The highest BCUT2D eigenvalue weighted by Gasteiger charge is 2.24. The van der Waals surface area contributed by atoms with E-state index in [0.717, 1.165) is 6.42 Å². The molecule has 0 heterocycles. The van der Waals surface area contributed by atoms with Crippen LogP contribution in [0.2, 0.25) is 0 Å². The minimum absolute atomic E-state index is 0.0118. The van der Waals surface area contributed by atoms with Crippen molar-refractivity contribution in [3.8, 4) is 0 Å². The fourth-order valence-corrected chi connectivity index (χ4v) is 3.03. The first-order chi connectivity index (χ1) is 10.7. The van der Waals surface area contributed by atoms with E-state index in [2.05, 4.69) is 10.0 Å². The Morgan fingerprint density at radius 3 is 2.43 bits per heavy atom. The molecule has 23 heavy (non-hydrogen) atoms. The lowest BCUT2D eigenvalue weighted by Gasteiger charge is -2.22. The number of benzene rings is 1. The number of aliphatic hydroxyl groups is 1. The van der Waals surface area contributed by atoms with E-state index in [1.165, 1.54) is 38.3 Å². The molecule has 0 aliphatic rings. The Morgan fingerprint density at radius 1 is 1.30 bits per heavy atom. The van der Waals surface area contributed by atoms with Crippen LogP contribution in [0, 0.1) is 0 Å². The van der Waals surface area contributed by atoms with Crippen LogP contribution in [0.1, 0.15) is 26.7 Å². The lowest BCUT2D eigenvalue weighted by molar-refractivity contribution is -0.116. The Kier molecular flexibility index (Phi) is 7.14. The van der Waals surface area contributed by atoms with Crippen LogP contribution in [0.15, 0.2) is 29.2 Å². The summed E-state index contributed by atoms with van der Waals surface area (Å²) in [7, 11) is -2.32. The number of amides is 1. The first kappa shape index (κ1) is 19.6. The third-order valence-electron chi connectivity index (χ3n) is 3.02. The molecule has 0 saturated heterocycles. The van der Waals surface area contributed by atoms with Crippen molar-refractivity contribution >= 4 is 21.6 Å². The lowest BCUT2D eigenvalue weighted by Crippen LogP contribution is -2.43. The van der Waals surface area contributed by atoms with Gasteiger partial charge in [-0.2, -0.15) is 0 Å². The van der Waals surface area contributed by atoms with Gasteiger partial charge in [0.15, 0.2) is 0 Å². The van der Waals surface area contributed by atoms with E-state index in [1.807, 2.05) is 6.92 Å². The zero-order chi connectivity index (χ0) is 17.5. The molecule has 1 aromatic carbocycles. The second-order valence-corrected chi connectivity index (χ2v) is 7.34. The fourth-order valence-electron chi connectivity index (χ4n) is 1.86. The molecule has 0 unspecified atom stereocenters. The Morgan fingerprint density at radius 2 is 1.91 bits per heavy atom. The average Bonchev–Trinajstić information content (AvgIpc) is 2.46. The Hall–Kier alpha value is -1.48. The molecule has 0 aliphatic heterocycles. The summed E-state index contributed by atoms with van der Waals surface area (Å²) in [5.41, 5.74) is -0.760. The van der Waals surface area contributed by atoms with E-state index in [0.29, 0.717) is 12.1 Å². The molecule has 1 amide bonds. The van der Waals surface area contributed by atoms with Crippen LogP contribution in [0.5, 0.6) is 0 Å². The Bertz CT molecular complexity index is 611. The van der Waals surface area contributed by atoms with Crippen LogP contribution in [0.3, 0.4) is 0 Å². The third kappa shape index (κ3) is 6.66. The maximum Gasteiger partial charge on any atom is 0.240 e. The SMILES string of the molecule is CCCC(=O)Nc1ccc(S(=O)(=O)NC[C@](C)(O)COC)cc1. The molecule has 0 spiro atoms. The fraction of sp³-hybridized carbons (Fsp3) is 0.533. The minimum Gasteiger partial charge on any atom is -0.386 e. The second-order valence-electron chi connectivity index (χ2n) is 5.58. The van der Waals surface area contributed by atoms with Crippen LogP contribution < -0.4 is 10.0 Å². The Labute approximate surface area is 137 Å². The maximum atomic E-state index is 12.2. The third-order valence-corrected chi connectivity index (χ3v) is 4.44. The van der Waals surface area contributed by atoms with Crippen LogP contribution in [-0.2, 0) is 19.6 Å². The van der Waals surface area contributed by atoms with Gasteiger partial charge >= 0.3 is 0 Å². The molecule has 0 saturated carbocycles. The van der Waals surface area contributed by atoms with E-state index in [9.17, 15) is 18.3 Å². The number of ether oxygens (including phenoxy) is 1. The summed E-state index contributed by atoms with van der Waals surface area (Å²) in [5, 5.41) is 12.6. The van der Waals surface area contributed by atoms with Crippen molar-refractivity contribution in [2.24, 2.45) is 0 Å². The van der Waals surface area contributed by atoms with Crippen molar-refractivity contribution in [2.75, 3.05) is 25.6 Å². The van der Waals surface area contributed by atoms with E-state index in [-0.39, 0.29) is 24.0 Å². The molecule has 1 atom stereocenters. The molecule has 0 bridgehead atoms. The lowest BCUT2D eigenvalue weighted by atomic mass is 10.1. The molecule has 0 aliphatic carbocycles. The molecule has 3 N–H and O–H groups in total. The zero-order valence-corrected chi connectivity index (χ0v) is 14.4. The molecule has 130 valence electrons. The number of hydrogen-bond donors (Lipinski definition) is 3. The van der Waals surface area contributed by atoms with Gasteiger partial charge < -0.3 is 15.2 Å². The van der Waals surface area contributed by atoms with Crippen molar-refractivity contribution < 1.29 is 23.1 Å². The van der Waals surface area contributed by atoms with E-state index < -0.39 is 15.6 Å². The molecule has 0 fully saturated rings. The zero-order valence-electron chi connectivity index (χ0n) is 13.6. The van der Waals surface area contributed by atoms with Crippen LogP contribution in [-0.4, -0.2) is 45.3 Å². The summed E-state index contributed by atoms with van der Waals surface area (Å²) in [5.74, 6) is -0.114. The number of methoxy groups -OCH3 is 1. The summed E-state index contributed by atoms with van der Waals surface area (Å²) in [6.07, 6.45) is 1.15. The molecule has 8 heteroatoms. The molecular weight excluding hydrogens is 320 g/mol. The predicted octanol–water partition coefficient (Wildman–Crippen LogP) is 1.10. The van der Waals surface area contributed by atoms with Crippen LogP contribution >= 0.6 is 0 Å². The largest absolute Gasteiger partial charge is 0.386 e. The first-order valence-corrected chi connectivity index (χ1v) is 8.79. The van der Waals surface area contributed by atoms with Gasteiger partial charge in [-0.25, -0.2) is 13.1 Å².